The molecule has 2 aromatic heterocycles. The molecule has 0 aliphatic rings. The molecule has 0 atom stereocenters. The number of aryl methyl sites for hydroxylation is 2. The van der Waals surface area contributed by atoms with E-state index in [0.29, 0.717) is 18.1 Å². The second-order valence-corrected chi connectivity index (χ2v) is 6.73. The first kappa shape index (κ1) is 14.2. The van der Waals surface area contributed by atoms with E-state index in [1.54, 1.807) is 0 Å². The zero-order valence-electron chi connectivity index (χ0n) is 11.3. The maximum Gasteiger partial charge on any atom is 0.227 e. The zero-order valence-corrected chi connectivity index (χ0v) is 13.7. The number of amides is 1. The van der Waals surface area contributed by atoms with Crippen molar-refractivity contribution < 1.29 is 4.79 Å². The second kappa shape index (κ2) is 5.95. The number of hydrogen-bond donors (Lipinski definition) is 1. The average Bonchev–Trinajstić information content (AvgIpc) is 3.03. The number of aromatic nitrogens is 3. The number of fused-ring (bicyclic) bond motifs is 1. The molecule has 108 valence electrons. The van der Waals surface area contributed by atoms with Crippen molar-refractivity contribution in [3.63, 3.8) is 0 Å². The zero-order chi connectivity index (χ0) is 14.8. The van der Waals surface area contributed by atoms with Gasteiger partial charge in [0.25, 0.3) is 0 Å². The van der Waals surface area contributed by atoms with Crippen LogP contribution in [0.15, 0.2) is 34.9 Å². The van der Waals surface area contributed by atoms with Gasteiger partial charge in [-0.1, -0.05) is 33.3 Å². The van der Waals surface area contributed by atoms with Crippen LogP contribution >= 0.6 is 27.3 Å². The number of rotatable bonds is 4. The number of nitrogens with one attached hydrogen (secondary N) is 1. The van der Waals surface area contributed by atoms with Gasteiger partial charge in [0.2, 0.25) is 11.0 Å². The summed E-state index contributed by atoms with van der Waals surface area (Å²) >= 11 is 4.85. The lowest BCUT2D eigenvalue weighted by atomic mass is 10.2. The molecular weight excluding hydrogens is 352 g/mol. The molecule has 1 aromatic carbocycles. The average molecular weight is 365 g/mol. The first-order valence-electron chi connectivity index (χ1n) is 6.46. The van der Waals surface area contributed by atoms with Crippen LogP contribution in [0.25, 0.3) is 10.9 Å². The van der Waals surface area contributed by atoms with Crippen molar-refractivity contribution in [3.8, 4) is 0 Å². The van der Waals surface area contributed by atoms with Gasteiger partial charge in [-0.05, 0) is 30.5 Å². The predicted molar refractivity (Wildman–Crippen MR) is 87.5 cm³/mol. The van der Waals surface area contributed by atoms with Crippen LogP contribution < -0.4 is 5.32 Å². The van der Waals surface area contributed by atoms with Crippen LogP contribution in [0.2, 0.25) is 0 Å². The third-order valence-electron chi connectivity index (χ3n) is 3.09. The van der Waals surface area contributed by atoms with E-state index in [0.717, 1.165) is 15.0 Å². The van der Waals surface area contributed by atoms with Crippen molar-refractivity contribution in [1.82, 2.24) is 14.8 Å². The van der Waals surface area contributed by atoms with Crippen LogP contribution in [-0.2, 0) is 11.3 Å². The summed E-state index contributed by atoms with van der Waals surface area (Å²) in [5, 5.41) is 13.1. The Labute approximate surface area is 134 Å². The molecule has 3 aromatic rings. The number of carbonyl (C=O) groups is 1. The van der Waals surface area contributed by atoms with Crippen LogP contribution in [-0.4, -0.2) is 20.7 Å². The molecule has 0 spiro atoms. The van der Waals surface area contributed by atoms with Crippen molar-refractivity contribution in [2.45, 2.75) is 19.9 Å². The summed E-state index contributed by atoms with van der Waals surface area (Å²) in [6.07, 6.45) is 2.40. The fraction of sp³-hybridized carbons (Fsp3) is 0.214. The van der Waals surface area contributed by atoms with E-state index >= 15 is 0 Å². The Bertz CT molecular complexity index is 795. The monoisotopic (exact) mass is 364 g/mol. The second-order valence-electron chi connectivity index (χ2n) is 4.64. The molecule has 0 radical (unpaired) electrons. The Morgan fingerprint density at radius 2 is 2.24 bits per heavy atom. The van der Waals surface area contributed by atoms with Crippen molar-refractivity contribution >= 4 is 49.2 Å². The van der Waals surface area contributed by atoms with Crippen LogP contribution in [0.3, 0.4) is 0 Å². The first-order valence-corrected chi connectivity index (χ1v) is 8.07. The largest absolute Gasteiger partial charge is 0.347 e. The quantitative estimate of drug-likeness (QED) is 0.769. The molecular formula is C14H13BrN4OS. The molecule has 1 amide bonds. The third-order valence-corrected chi connectivity index (χ3v) is 4.34. The molecule has 0 unspecified atom stereocenters. The van der Waals surface area contributed by atoms with Gasteiger partial charge < -0.3 is 9.88 Å². The van der Waals surface area contributed by atoms with Crippen LogP contribution in [0.5, 0.6) is 0 Å². The van der Waals surface area contributed by atoms with Gasteiger partial charge in [0.1, 0.15) is 5.01 Å². The van der Waals surface area contributed by atoms with Gasteiger partial charge >= 0.3 is 0 Å². The van der Waals surface area contributed by atoms with Gasteiger partial charge in [-0.2, -0.15) is 0 Å². The topological polar surface area (TPSA) is 59.8 Å². The Kier molecular flexibility index (Phi) is 4.03. The highest BCUT2D eigenvalue weighted by atomic mass is 79.9. The molecule has 0 saturated carbocycles. The van der Waals surface area contributed by atoms with Crippen molar-refractivity contribution in [3.05, 3.63) is 39.9 Å². The van der Waals surface area contributed by atoms with Gasteiger partial charge in [-0.25, -0.2) is 0 Å². The smallest absolute Gasteiger partial charge is 0.227 e. The fourth-order valence-electron chi connectivity index (χ4n) is 2.10. The molecule has 0 bridgehead atoms. The highest BCUT2D eigenvalue weighted by Crippen LogP contribution is 2.21. The number of benzene rings is 1. The van der Waals surface area contributed by atoms with Gasteiger partial charge in [-0.15, -0.1) is 10.2 Å². The van der Waals surface area contributed by atoms with Gasteiger partial charge in [0, 0.05) is 29.2 Å². The molecule has 1 N–H and O–H groups in total. The number of anilines is 1. The molecule has 0 aliphatic carbocycles. The van der Waals surface area contributed by atoms with Crippen molar-refractivity contribution in [2.75, 3.05) is 5.32 Å². The number of hydrogen-bond acceptors (Lipinski definition) is 4. The fourth-order valence-corrected chi connectivity index (χ4v) is 3.06. The molecule has 21 heavy (non-hydrogen) atoms. The van der Waals surface area contributed by atoms with E-state index in [2.05, 4.69) is 48.1 Å². The first-order chi connectivity index (χ1) is 10.1. The van der Waals surface area contributed by atoms with E-state index in [4.69, 9.17) is 0 Å². The minimum Gasteiger partial charge on any atom is -0.347 e. The molecule has 0 aliphatic heterocycles. The maximum absolute atomic E-state index is 11.9. The summed E-state index contributed by atoms with van der Waals surface area (Å²) in [4.78, 5) is 11.9. The summed E-state index contributed by atoms with van der Waals surface area (Å²) in [5.74, 6) is -0.0528. The molecule has 3 rings (SSSR count). The van der Waals surface area contributed by atoms with E-state index in [1.807, 2.05) is 25.3 Å². The summed E-state index contributed by atoms with van der Waals surface area (Å²) < 4.78 is 3.11. The molecule has 2 heterocycles. The van der Waals surface area contributed by atoms with E-state index in [-0.39, 0.29) is 5.91 Å². The summed E-state index contributed by atoms with van der Waals surface area (Å²) in [7, 11) is 0. The lowest BCUT2D eigenvalue weighted by Gasteiger charge is -2.05. The van der Waals surface area contributed by atoms with E-state index in [1.165, 1.54) is 16.7 Å². The third kappa shape index (κ3) is 3.30. The SMILES string of the molecule is Cc1nnc(NC(=O)CCn2ccc3ccc(Br)cc32)s1. The Hall–Kier alpha value is -1.73. The molecule has 0 fully saturated rings. The van der Waals surface area contributed by atoms with Gasteiger partial charge in [0.15, 0.2) is 0 Å². The number of halogens is 1. The Morgan fingerprint density at radius 1 is 1.38 bits per heavy atom. The highest BCUT2D eigenvalue weighted by Gasteiger charge is 2.08. The highest BCUT2D eigenvalue weighted by molar-refractivity contribution is 9.10. The minimum absolute atomic E-state index is 0.0528. The van der Waals surface area contributed by atoms with Crippen LogP contribution in [0.1, 0.15) is 11.4 Å². The van der Waals surface area contributed by atoms with Crippen LogP contribution in [0.4, 0.5) is 5.13 Å². The summed E-state index contributed by atoms with van der Waals surface area (Å²) in [6.45, 7) is 2.49. The number of nitrogens with zero attached hydrogens (tertiary/aromatic N) is 3. The minimum atomic E-state index is -0.0528. The summed E-state index contributed by atoms with van der Waals surface area (Å²) in [5.41, 5.74) is 1.11. The standard InChI is InChI=1S/C14H13BrN4OS/c1-9-17-18-14(21-9)16-13(20)5-7-19-6-4-10-2-3-11(15)8-12(10)19/h2-4,6,8H,5,7H2,1H3,(H,16,18,20). The predicted octanol–water partition coefficient (Wildman–Crippen LogP) is 3.59. The van der Waals surface area contributed by atoms with E-state index < -0.39 is 0 Å². The van der Waals surface area contributed by atoms with Gasteiger partial charge in [0.05, 0.1) is 0 Å². The van der Waals surface area contributed by atoms with E-state index in [9.17, 15) is 4.79 Å². The molecule has 0 saturated heterocycles. The van der Waals surface area contributed by atoms with Crippen molar-refractivity contribution in [2.24, 2.45) is 0 Å². The molecule has 5 nitrogen and oxygen atoms in total. The normalized spacial score (nSPS) is 11.0. The van der Waals surface area contributed by atoms with Gasteiger partial charge in [-0.3, -0.25) is 4.79 Å². The number of carbonyl (C=O) groups excluding carboxylic acids is 1. The maximum atomic E-state index is 11.9. The Balaban J connectivity index is 1.66. The Morgan fingerprint density at radius 3 is 3.00 bits per heavy atom. The lowest BCUT2D eigenvalue weighted by molar-refractivity contribution is -0.116. The lowest BCUT2D eigenvalue weighted by Crippen LogP contribution is -2.14. The molecule has 7 heteroatoms. The summed E-state index contributed by atoms with van der Waals surface area (Å²) in [6, 6.07) is 8.17. The van der Waals surface area contributed by atoms with Crippen LogP contribution in [0, 0.1) is 6.92 Å². The van der Waals surface area contributed by atoms with Crippen molar-refractivity contribution in [1.29, 1.82) is 0 Å².